The third-order valence-corrected chi connectivity index (χ3v) is 1.33. The predicted molar refractivity (Wildman–Crippen MR) is 49.4 cm³/mol. The Morgan fingerprint density at radius 1 is 1.36 bits per heavy atom. The Balaban J connectivity index is 0.000001000. The molecule has 1 aromatic rings. The van der Waals surface area contributed by atoms with E-state index in [1.54, 1.807) is 0 Å². The predicted octanol–water partition coefficient (Wildman–Crippen LogP) is 0.853. The van der Waals surface area contributed by atoms with Gasteiger partial charge in [0.1, 0.15) is 0 Å². The van der Waals surface area contributed by atoms with Crippen molar-refractivity contribution in [3.63, 3.8) is 0 Å². The Kier molecular flexibility index (Phi) is 4.61. The number of hydrazine groups is 1. The second kappa shape index (κ2) is 4.96. The van der Waals surface area contributed by atoms with Crippen molar-refractivity contribution < 1.29 is 0 Å². The largest absolute Gasteiger partial charge is 0.326 e. The van der Waals surface area contributed by atoms with E-state index in [1.165, 1.54) is 0 Å². The molecule has 0 saturated carbocycles. The quantitative estimate of drug-likeness (QED) is 0.459. The van der Waals surface area contributed by atoms with Crippen molar-refractivity contribution >= 4 is 18.1 Å². The average molecular weight is 174 g/mol. The number of hydrogen-bond acceptors (Lipinski definition) is 3. The number of halogens is 1. The first kappa shape index (κ1) is 10.2. The van der Waals surface area contributed by atoms with Crippen LogP contribution in [0.15, 0.2) is 24.3 Å². The molecule has 0 heterocycles. The second-order valence-electron chi connectivity index (χ2n) is 2.05. The van der Waals surface area contributed by atoms with E-state index in [0.29, 0.717) is 6.54 Å². The highest BCUT2D eigenvalue weighted by atomic mass is 35.5. The minimum atomic E-state index is 0. The molecule has 1 rings (SSSR count). The maximum atomic E-state index is 5.40. The number of nitrogens with two attached hydrogens (primary N) is 2. The van der Waals surface area contributed by atoms with Gasteiger partial charge in [0, 0.05) is 12.2 Å². The van der Waals surface area contributed by atoms with Crippen LogP contribution in [0.3, 0.4) is 0 Å². The van der Waals surface area contributed by atoms with E-state index >= 15 is 0 Å². The Morgan fingerprint density at radius 2 is 2.09 bits per heavy atom. The SMILES string of the molecule is Cl.NCc1cccc(NN)c1. The van der Waals surface area contributed by atoms with Crippen molar-refractivity contribution in [3.8, 4) is 0 Å². The zero-order valence-electron chi connectivity index (χ0n) is 6.08. The van der Waals surface area contributed by atoms with Gasteiger partial charge in [0.05, 0.1) is 0 Å². The van der Waals surface area contributed by atoms with Crippen molar-refractivity contribution in [3.05, 3.63) is 29.8 Å². The fourth-order valence-electron chi connectivity index (χ4n) is 0.788. The number of nitrogens with one attached hydrogen (secondary N) is 1. The number of rotatable bonds is 2. The van der Waals surface area contributed by atoms with Crippen LogP contribution in [0.2, 0.25) is 0 Å². The lowest BCUT2D eigenvalue weighted by Gasteiger charge is -2.00. The Morgan fingerprint density at radius 3 is 2.64 bits per heavy atom. The lowest BCUT2D eigenvalue weighted by Crippen LogP contribution is -2.07. The highest BCUT2D eigenvalue weighted by Gasteiger charge is 1.89. The third kappa shape index (κ3) is 2.76. The molecule has 4 heteroatoms. The summed E-state index contributed by atoms with van der Waals surface area (Å²) in [5, 5.41) is 0. The maximum Gasteiger partial charge on any atom is 0.0488 e. The standard InChI is InChI=1S/C7H11N3.ClH/c8-5-6-2-1-3-7(4-6)10-9;/h1-4,10H,5,8-9H2;1H. The molecule has 3 nitrogen and oxygen atoms in total. The molecule has 62 valence electrons. The zero-order chi connectivity index (χ0) is 7.40. The molecule has 0 bridgehead atoms. The smallest absolute Gasteiger partial charge is 0.0488 e. The summed E-state index contributed by atoms with van der Waals surface area (Å²) >= 11 is 0. The van der Waals surface area contributed by atoms with Gasteiger partial charge in [-0.1, -0.05) is 12.1 Å². The molecule has 0 unspecified atom stereocenters. The van der Waals surface area contributed by atoms with Crippen LogP contribution in [0.25, 0.3) is 0 Å². The molecule has 0 spiro atoms. The van der Waals surface area contributed by atoms with E-state index in [-0.39, 0.29) is 12.4 Å². The monoisotopic (exact) mass is 173 g/mol. The van der Waals surface area contributed by atoms with Gasteiger partial charge >= 0.3 is 0 Å². The lowest BCUT2D eigenvalue weighted by molar-refractivity contribution is 1.07. The van der Waals surface area contributed by atoms with Gasteiger partial charge in [-0.3, -0.25) is 5.84 Å². The van der Waals surface area contributed by atoms with Crippen molar-refractivity contribution in [1.82, 2.24) is 0 Å². The number of anilines is 1. The molecule has 0 aliphatic carbocycles. The number of hydrogen-bond donors (Lipinski definition) is 3. The summed E-state index contributed by atoms with van der Waals surface area (Å²) < 4.78 is 0. The summed E-state index contributed by atoms with van der Waals surface area (Å²) in [6.45, 7) is 0.551. The molecule has 11 heavy (non-hydrogen) atoms. The van der Waals surface area contributed by atoms with Crippen LogP contribution in [-0.4, -0.2) is 0 Å². The zero-order valence-corrected chi connectivity index (χ0v) is 6.90. The van der Waals surface area contributed by atoms with Crippen molar-refractivity contribution in [2.24, 2.45) is 11.6 Å². The van der Waals surface area contributed by atoms with Crippen LogP contribution in [0, 0.1) is 0 Å². The van der Waals surface area contributed by atoms with Crippen molar-refractivity contribution in [2.75, 3.05) is 5.43 Å². The van der Waals surface area contributed by atoms with E-state index in [0.717, 1.165) is 11.3 Å². The molecule has 0 radical (unpaired) electrons. The first-order valence-corrected chi connectivity index (χ1v) is 3.12. The molecule has 5 N–H and O–H groups in total. The van der Waals surface area contributed by atoms with Crippen LogP contribution in [0.4, 0.5) is 5.69 Å². The first-order chi connectivity index (χ1) is 4.86. The minimum absolute atomic E-state index is 0. The normalized spacial score (nSPS) is 8.55. The highest BCUT2D eigenvalue weighted by Crippen LogP contribution is 2.07. The topological polar surface area (TPSA) is 64.1 Å². The van der Waals surface area contributed by atoms with Gasteiger partial charge in [0.15, 0.2) is 0 Å². The lowest BCUT2D eigenvalue weighted by atomic mass is 10.2. The summed E-state index contributed by atoms with van der Waals surface area (Å²) in [5.41, 5.74) is 9.92. The van der Waals surface area contributed by atoms with Gasteiger partial charge in [-0.2, -0.15) is 0 Å². The number of nitrogen functional groups attached to an aromatic ring is 1. The minimum Gasteiger partial charge on any atom is -0.326 e. The third-order valence-electron chi connectivity index (χ3n) is 1.33. The van der Waals surface area contributed by atoms with Crippen molar-refractivity contribution in [1.29, 1.82) is 0 Å². The fourth-order valence-corrected chi connectivity index (χ4v) is 0.788. The molecule has 0 aliphatic heterocycles. The van der Waals surface area contributed by atoms with E-state index in [2.05, 4.69) is 5.43 Å². The van der Waals surface area contributed by atoms with Gasteiger partial charge in [-0.05, 0) is 17.7 Å². The molecule has 0 aromatic heterocycles. The molecule has 0 fully saturated rings. The highest BCUT2D eigenvalue weighted by molar-refractivity contribution is 5.85. The summed E-state index contributed by atoms with van der Waals surface area (Å²) in [6.07, 6.45) is 0. The van der Waals surface area contributed by atoms with Gasteiger partial charge in [0.25, 0.3) is 0 Å². The van der Waals surface area contributed by atoms with E-state index in [9.17, 15) is 0 Å². The van der Waals surface area contributed by atoms with Crippen molar-refractivity contribution in [2.45, 2.75) is 6.54 Å². The van der Waals surface area contributed by atoms with E-state index < -0.39 is 0 Å². The Bertz CT molecular complexity index is 195. The molecule has 1 aromatic carbocycles. The molecular formula is C7H12ClN3. The van der Waals surface area contributed by atoms with Crippen LogP contribution in [0.5, 0.6) is 0 Å². The van der Waals surface area contributed by atoms with E-state index in [4.69, 9.17) is 11.6 Å². The molecule has 0 amide bonds. The Hall–Kier alpha value is -0.770. The number of benzene rings is 1. The summed E-state index contributed by atoms with van der Waals surface area (Å²) in [6, 6.07) is 7.68. The average Bonchev–Trinajstić information content (AvgIpc) is 2.05. The fraction of sp³-hybridized carbons (Fsp3) is 0.143. The van der Waals surface area contributed by atoms with Gasteiger partial charge < -0.3 is 11.2 Å². The van der Waals surface area contributed by atoms with Gasteiger partial charge in [-0.15, -0.1) is 12.4 Å². The van der Waals surface area contributed by atoms with Crippen LogP contribution in [0.1, 0.15) is 5.56 Å². The van der Waals surface area contributed by atoms with Gasteiger partial charge in [0.2, 0.25) is 0 Å². The van der Waals surface area contributed by atoms with Gasteiger partial charge in [-0.25, -0.2) is 0 Å². The molecule has 0 saturated heterocycles. The summed E-state index contributed by atoms with van der Waals surface area (Å²) in [7, 11) is 0. The molecule has 0 atom stereocenters. The summed E-state index contributed by atoms with van der Waals surface area (Å²) in [4.78, 5) is 0. The second-order valence-corrected chi connectivity index (χ2v) is 2.05. The molecular weight excluding hydrogens is 162 g/mol. The summed E-state index contributed by atoms with van der Waals surface area (Å²) in [5.74, 6) is 5.18. The Labute approximate surface area is 72.1 Å². The maximum absolute atomic E-state index is 5.40. The van der Waals surface area contributed by atoms with E-state index in [1.807, 2.05) is 24.3 Å². The first-order valence-electron chi connectivity index (χ1n) is 3.12. The molecule has 0 aliphatic rings. The van der Waals surface area contributed by atoms with Crippen LogP contribution < -0.4 is 17.0 Å². The van der Waals surface area contributed by atoms with Crippen LogP contribution in [-0.2, 0) is 6.54 Å². The van der Waals surface area contributed by atoms with Crippen LogP contribution >= 0.6 is 12.4 Å².